The number of aliphatic hydroxyl groups excluding tert-OH is 1. The molecule has 4 saturated heterocycles. The van der Waals surface area contributed by atoms with E-state index < -0.39 is 162 Å². The van der Waals surface area contributed by atoms with Crippen LogP contribution in [0.15, 0.2) is 50.4 Å². The Morgan fingerprint density at radius 2 is 0.949 bits per heavy atom. The first-order valence-corrected chi connectivity index (χ1v) is 37.0. The van der Waals surface area contributed by atoms with Crippen molar-refractivity contribution in [1.82, 2.24) is 48.2 Å². The Morgan fingerprint density at radius 3 is 1.45 bits per heavy atom. The summed E-state index contributed by atoms with van der Waals surface area (Å²) in [5.41, 5.74) is 15.8. The Hall–Kier alpha value is -4.96. The molecule has 9 heterocycles. The zero-order chi connectivity index (χ0) is 71.0. The summed E-state index contributed by atoms with van der Waals surface area (Å²) in [6.07, 6.45) is -16.1. The molecule has 98 heavy (non-hydrogen) atoms. The summed E-state index contributed by atoms with van der Waals surface area (Å²) in [4.78, 5) is 112. The van der Waals surface area contributed by atoms with Crippen LogP contribution in [0.5, 0.6) is 0 Å². The van der Waals surface area contributed by atoms with E-state index in [0.29, 0.717) is 11.1 Å². The molecule has 4 aliphatic rings. The number of hydrogen-bond acceptors (Lipinski definition) is 34. The number of aliphatic hydroxyl groups is 1. The van der Waals surface area contributed by atoms with Crippen LogP contribution in [0.25, 0.3) is 11.2 Å². The molecule has 0 aliphatic carbocycles. The van der Waals surface area contributed by atoms with E-state index in [4.69, 9.17) is 125 Å². The lowest BCUT2D eigenvalue weighted by atomic mass is 10.1. The number of H-pyrrole nitrogens is 1. The standard InChI is InChI=1S/C53H80N13O27P3S2/c1-9-29-35(39(81-15-11-77-6)50(87-29)66-25-59-33-44(56)57-24-58-45(33)66)91-94(72,73)84-22-31-36(40(82-16-12-78-7)48(89-31)64-19-27(3)43(55)61-52(64)70)92-96(75,98)86-23-32-37(41(83-17-13-79-8)49(90-32)65-20-28(4)46(68)62-53(65)71)93-95(74,97)85-21-30-34(67)38(80-14-10-76-5)47(88-30)63-18-26(2)42(54)60-51(63)69/h18-20,24-25,29-32,34-41,47-50,67H,9-17,21-23H2,1-8H3,(H,72,73)(H,74,97)(H,75,98)(H2,54,60,69)(H2,55,61,70)(H2,56,57,58)(H,62,68,71)/t29-,30-,31-,32-,34+,35+,36+,37+,38?,39?,40?,41?,47-,48-,49-,50-,95?,96?/m1/s1. The molecular formula is C53H80N13O27P3S2. The van der Waals surface area contributed by atoms with Crippen LogP contribution in [0.2, 0.25) is 0 Å². The van der Waals surface area contributed by atoms with Crippen molar-refractivity contribution in [1.29, 1.82) is 0 Å². The number of aryl methyl sites for hydroxylation is 3. The Labute approximate surface area is 568 Å². The van der Waals surface area contributed by atoms with Crippen molar-refractivity contribution in [2.24, 2.45) is 0 Å². The van der Waals surface area contributed by atoms with Gasteiger partial charge in [-0.15, -0.1) is 0 Å². The summed E-state index contributed by atoms with van der Waals surface area (Å²) in [5.74, 6) is -0.0926. The Kier molecular flexibility index (Phi) is 26.7. The second kappa shape index (κ2) is 33.9. The second-order valence-electron chi connectivity index (χ2n) is 22.5. The molecule has 4 aliphatic heterocycles. The Bertz CT molecular complexity index is 3930. The number of phosphoric ester groups is 1. The summed E-state index contributed by atoms with van der Waals surface area (Å²) in [5, 5.41) is 11.6. The van der Waals surface area contributed by atoms with Crippen molar-refractivity contribution in [2.45, 2.75) is 132 Å². The van der Waals surface area contributed by atoms with Crippen LogP contribution in [0.4, 0.5) is 17.5 Å². The van der Waals surface area contributed by atoms with Crippen LogP contribution in [0.3, 0.4) is 0 Å². The third-order valence-electron chi connectivity index (χ3n) is 15.9. The van der Waals surface area contributed by atoms with Gasteiger partial charge in [0, 0.05) is 63.7 Å². The number of aromatic nitrogens is 10. The predicted molar refractivity (Wildman–Crippen MR) is 345 cm³/mol. The summed E-state index contributed by atoms with van der Waals surface area (Å²) in [7, 11) is 0.320. The second-order valence-corrected chi connectivity index (χ2v) is 29.5. The maximum atomic E-state index is 14.5. The molecule has 0 amide bonds. The van der Waals surface area contributed by atoms with E-state index in [9.17, 15) is 43.5 Å². The third-order valence-corrected chi connectivity index (χ3v) is 20.0. The molecule has 40 nitrogen and oxygen atoms in total. The maximum absolute atomic E-state index is 14.5. The monoisotopic (exact) mass is 1490 g/mol. The average molecular weight is 1490 g/mol. The first-order chi connectivity index (χ1) is 46.6. The smallest absolute Gasteiger partial charge is 0.387 e. The van der Waals surface area contributed by atoms with Crippen LogP contribution in [-0.4, -0.2) is 242 Å². The van der Waals surface area contributed by atoms with E-state index in [2.05, 4.69) is 29.9 Å². The SMILES string of the molecule is CC[C@H]1O[C@@H](n2cnc3c(N)ncnc32)C(OCCOC)[C@H]1OP(=O)(O)OC[C@H]1O[C@@H](n2cc(C)c(N)nc2=O)C(OCCOC)[C@H]1OP(O)(=S)OC[C@H]1O[C@@H](n2cc(C)c(=O)[nH]c2=O)C(OCCOC)[C@H]1OP(O)(=S)OC[C@H]1O[C@@H](n2cc(C)c(N)nc2=O)C(OCCOC)[C@H]1O. The van der Waals surface area contributed by atoms with Gasteiger partial charge < -0.3 is 103 Å². The van der Waals surface area contributed by atoms with Gasteiger partial charge in [0.25, 0.3) is 5.56 Å². The van der Waals surface area contributed by atoms with Crippen LogP contribution in [0, 0.1) is 20.8 Å². The molecule has 0 aromatic carbocycles. The number of nitrogens with one attached hydrogen (secondary N) is 1. The number of nitrogen functional groups attached to an aromatic ring is 3. The number of methoxy groups -OCH3 is 4. The molecule has 0 radical (unpaired) electrons. The van der Waals surface area contributed by atoms with Crippen molar-refractivity contribution in [3.63, 3.8) is 0 Å². The van der Waals surface area contributed by atoms with E-state index >= 15 is 0 Å². The summed E-state index contributed by atoms with van der Waals surface area (Å²) in [6, 6.07) is 0. The summed E-state index contributed by atoms with van der Waals surface area (Å²) >= 11 is 11.3. The number of ether oxygens (including phenoxy) is 12. The van der Waals surface area contributed by atoms with E-state index in [1.807, 2.05) is 0 Å². The first-order valence-electron chi connectivity index (χ1n) is 30.3. The number of imidazole rings is 1. The largest absolute Gasteiger partial charge is 0.472 e. The molecule has 0 bridgehead atoms. The minimum Gasteiger partial charge on any atom is -0.387 e. The summed E-state index contributed by atoms with van der Waals surface area (Å²) < 4.78 is 126. The van der Waals surface area contributed by atoms with Crippen molar-refractivity contribution in [3.8, 4) is 0 Å². The van der Waals surface area contributed by atoms with E-state index in [1.54, 1.807) is 20.8 Å². The molecule has 4 fully saturated rings. The highest BCUT2D eigenvalue weighted by atomic mass is 32.5. The molecule has 5 aromatic heterocycles. The lowest BCUT2D eigenvalue weighted by Gasteiger charge is -2.30. The first kappa shape index (κ1) is 77.2. The molecule has 5 aromatic rings. The van der Waals surface area contributed by atoms with Gasteiger partial charge in [-0.25, -0.2) is 33.9 Å². The zero-order valence-corrected chi connectivity index (χ0v) is 58.5. The van der Waals surface area contributed by atoms with E-state index in [0.717, 1.165) is 13.7 Å². The van der Waals surface area contributed by atoms with Gasteiger partial charge in [-0.1, -0.05) is 6.92 Å². The number of fused-ring (bicyclic) bond motifs is 1. The quantitative estimate of drug-likeness (QED) is 0.0172. The van der Waals surface area contributed by atoms with Crippen LogP contribution < -0.4 is 39.8 Å². The van der Waals surface area contributed by atoms with Crippen molar-refractivity contribution in [3.05, 3.63) is 89.7 Å². The fourth-order valence-electron chi connectivity index (χ4n) is 11.0. The number of phosphoric acid groups is 1. The van der Waals surface area contributed by atoms with Gasteiger partial charge in [-0.2, -0.15) is 9.97 Å². The Morgan fingerprint density at radius 1 is 0.531 bits per heavy atom. The average Bonchev–Trinajstić information content (AvgIpc) is 1.63. The number of hydrogen-bond donors (Lipinski definition) is 8. The number of nitrogens with two attached hydrogens (primary N) is 3. The molecule has 0 spiro atoms. The van der Waals surface area contributed by atoms with Gasteiger partial charge >= 0.3 is 38.3 Å². The van der Waals surface area contributed by atoms with Gasteiger partial charge in [0.15, 0.2) is 36.4 Å². The highest BCUT2D eigenvalue weighted by Gasteiger charge is 2.56. The van der Waals surface area contributed by atoms with Gasteiger partial charge in [-0.3, -0.25) is 46.1 Å². The third kappa shape index (κ3) is 18.3. The lowest BCUT2D eigenvalue weighted by molar-refractivity contribution is -0.0843. The molecule has 11 N–H and O–H groups in total. The highest BCUT2D eigenvalue weighted by Crippen LogP contribution is 2.55. The normalized spacial score (nSPS) is 29.1. The fourth-order valence-corrected chi connectivity index (χ4v) is 14.9. The lowest BCUT2D eigenvalue weighted by Crippen LogP contribution is -2.42. The zero-order valence-electron chi connectivity index (χ0n) is 54.2. The molecule has 9 rings (SSSR count). The van der Waals surface area contributed by atoms with Gasteiger partial charge in [0.05, 0.1) is 85.1 Å². The van der Waals surface area contributed by atoms with E-state index in [-0.39, 0.29) is 93.5 Å². The summed E-state index contributed by atoms with van der Waals surface area (Å²) in [6.45, 7) is -6.26. The fraction of sp³-hybridized carbons (Fsp3) is 0.679. The molecular weight excluding hydrogens is 1410 g/mol. The van der Waals surface area contributed by atoms with Gasteiger partial charge in [0.1, 0.15) is 90.6 Å². The number of rotatable bonds is 36. The molecule has 7 unspecified atom stereocenters. The molecule has 0 saturated carbocycles. The molecule has 45 heteroatoms. The molecule has 19 atom stereocenters. The van der Waals surface area contributed by atoms with Crippen molar-refractivity contribution >= 4 is 73.5 Å². The topological polar surface area (TPSA) is 510 Å². The van der Waals surface area contributed by atoms with Crippen LogP contribution in [-0.2, 0) is 112 Å². The minimum absolute atomic E-state index is 0.0377. The Balaban J connectivity index is 1.00. The number of aromatic amines is 1. The predicted octanol–water partition coefficient (Wildman–Crippen LogP) is -1.21. The highest BCUT2D eigenvalue weighted by molar-refractivity contribution is 8.07. The van der Waals surface area contributed by atoms with Crippen molar-refractivity contribution < 1.29 is 108 Å². The number of anilines is 3. The van der Waals surface area contributed by atoms with Crippen LogP contribution in [0.1, 0.15) is 54.9 Å². The van der Waals surface area contributed by atoms with Gasteiger partial charge in [0.2, 0.25) is 0 Å². The minimum atomic E-state index is -5.32. The maximum Gasteiger partial charge on any atom is 0.472 e. The van der Waals surface area contributed by atoms with E-state index in [1.165, 1.54) is 71.2 Å². The van der Waals surface area contributed by atoms with Crippen molar-refractivity contribution in [2.75, 3.05) is 118 Å². The number of nitrogens with zero attached hydrogens (tertiary/aromatic N) is 9. The van der Waals surface area contributed by atoms with Crippen LogP contribution >= 0.6 is 21.3 Å². The molecule has 546 valence electrons. The van der Waals surface area contributed by atoms with Gasteiger partial charge in [-0.05, 0) is 50.8 Å².